The number of benzene rings is 2. The molecule has 6 nitrogen and oxygen atoms in total. The van der Waals surface area contributed by atoms with Gasteiger partial charge in [-0.15, -0.1) is 0 Å². The lowest BCUT2D eigenvalue weighted by Crippen LogP contribution is -2.48. The Bertz CT molecular complexity index is 1320. The monoisotopic (exact) mass is 628 g/mol. The van der Waals surface area contributed by atoms with Crippen molar-refractivity contribution in [1.82, 2.24) is 5.32 Å². The average Bonchev–Trinajstić information content (AvgIpc) is 2.86. The summed E-state index contributed by atoms with van der Waals surface area (Å²) in [4.78, 5) is 30.2. The number of ketones is 1. The minimum absolute atomic E-state index is 0.0325. The highest BCUT2D eigenvalue weighted by atomic mass is 35.5. The van der Waals surface area contributed by atoms with Gasteiger partial charge in [0, 0.05) is 5.56 Å². The van der Waals surface area contributed by atoms with Crippen LogP contribution in [0.2, 0.25) is 41.3 Å². The topological polar surface area (TPSA) is 69.0 Å². The molecule has 0 aliphatic heterocycles. The van der Waals surface area contributed by atoms with Gasteiger partial charge in [0.2, 0.25) is 19.9 Å². The maximum absolute atomic E-state index is 13.7. The van der Waals surface area contributed by atoms with Gasteiger partial charge < -0.3 is 14.2 Å². The minimum atomic E-state index is -2.19. The SMILES string of the molecule is [C-]#[N+]c1ccc(C[C@@H](C(=O)NCC(=O)c2ccc(O[Si](C)(C)C(C)(C)C)cc2)[C@H](C)O[Si](C)(C)C(C)(C)C)c(C)c1Cl. The van der Waals surface area contributed by atoms with Crippen molar-refractivity contribution in [3.05, 3.63) is 69.5 Å². The molecule has 0 aliphatic carbocycles. The van der Waals surface area contributed by atoms with Crippen molar-refractivity contribution in [2.75, 3.05) is 6.54 Å². The summed E-state index contributed by atoms with van der Waals surface area (Å²) < 4.78 is 13.0. The summed E-state index contributed by atoms with van der Waals surface area (Å²) in [5, 5.41) is 3.31. The first-order valence-electron chi connectivity index (χ1n) is 14.5. The van der Waals surface area contributed by atoms with Crippen LogP contribution < -0.4 is 9.74 Å². The first-order valence-corrected chi connectivity index (χ1v) is 20.7. The van der Waals surface area contributed by atoms with Crippen LogP contribution in [0.15, 0.2) is 36.4 Å². The number of rotatable bonds is 11. The zero-order valence-electron chi connectivity index (χ0n) is 27.5. The third kappa shape index (κ3) is 8.79. The molecule has 230 valence electrons. The first kappa shape index (κ1) is 35.7. The van der Waals surface area contributed by atoms with E-state index in [2.05, 4.69) is 77.9 Å². The van der Waals surface area contributed by atoms with E-state index < -0.39 is 28.7 Å². The number of Topliss-reactive ketones (excluding diaryl/α,β-unsaturated/α-hetero) is 1. The fourth-order valence-electron chi connectivity index (χ4n) is 4.01. The van der Waals surface area contributed by atoms with E-state index in [9.17, 15) is 9.59 Å². The quantitative estimate of drug-likeness (QED) is 0.153. The molecule has 0 bridgehead atoms. The fourth-order valence-corrected chi connectivity index (χ4v) is 6.71. The summed E-state index contributed by atoms with van der Waals surface area (Å²) in [6.45, 7) is 32.7. The Morgan fingerprint density at radius 3 is 2.00 bits per heavy atom. The molecule has 1 N–H and O–H groups in total. The summed E-state index contributed by atoms with van der Waals surface area (Å²) in [5.41, 5.74) is 2.55. The van der Waals surface area contributed by atoms with Crippen molar-refractivity contribution in [3.63, 3.8) is 0 Å². The second-order valence-corrected chi connectivity index (χ2v) is 24.1. The standard InChI is InChI=1S/C33H49ClN2O4Si2/c1-22-25(16-19-28(35-9)30(22)34)20-27(23(2)39-41(10,11)32(3,4)5)31(38)36-21-29(37)24-14-17-26(18-15-24)40-42(12,13)33(6,7)8/h14-19,23,27H,20-21H2,1-8,10-13H3,(H,36,38)/t23-,27+/m0/s1. The minimum Gasteiger partial charge on any atom is -0.544 e. The van der Waals surface area contributed by atoms with Gasteiger partial charge in [0.15, 0.2) is 14.1 Å². The van der Waals surface area contributed by atoms with Crippen molar-refractivity contribution >= 4 is 45.6 Å². The Balaban J connectivity index is 2.24. The molecule has 2 atom stereocenters. The van der Waals surface area contributed by atoms with E-state index in [1.54, 1.807) is 18.2 Å². The van der Waals surface area contributed by atoms with E-state index in [0.717, 1.165) is 16.9 Å². The van der Waals surface area contributed by atoms with Gasteiger partial charge in [0.25, 0.3) is 0 Å². The van der Waals surface area contributed by atoms with Crippen LogP contribution in [0.1, 0.15) is 70.0 Å². The van der Waals surface area contributed by atoms with E-state index in [1.165, 1.54) is 0 Å². The van der Waals surface area contributed by atoms with Crippen molar-refractivity contribution < 1.29 is 18.4 Å². The lowest BCUT2D eigenvalue weighted by atomic mass is 9.91. The summed E-state index contributed by atoms with van der Waals surface area (Å²) in [5.74, 6) is -0.241. The van der Waals surface area contributed by atoms with E-state index in [0.29, 0.717) is 22.7 Å². The molecule has 2 aromatic carbocycles. The van der Waals surface area contributed by atoms with Gasteiger partial charge in [0.1, 0.15) is 5.75 Å². The van der Waals surface area contributed by atoms with Crippen LogP contribution in [0.25, 0.3) is 4.85 Å². The molecule has 42 heavy (non-hydrogen) atoms. The van der Waals surface area contributed by atoms with Crippen LogP contribution in [-0.4, -0.2) is 41.0 Å². The molecular formula is C33H49ClN2O4Si2. The highest BCUT2D eigenvalue weighted by molar-refractivity contribution is 6.75. The zero-order chi connectivity index (χ0) is 32.3. The molecule has 9 heteroatoms. The molecule has 0 aromatic heterocycles. The smallest absolute Gasteiger partial charge is 0.250 e. The van der Waals surface area contributed by atoms with Crippen LogP contribution >= 0.6 is 11.6 Å². The Morgan fingerprint density at radius 1 is 0.952 bits per heavy atom. The first-order chi connectivity index (χ1) is 19.1. The lowest BCUT2D eigenvalue weighted by Gasteiger charge is -2.40. The highest BCUT2D eigenvalue weighted by Gasteiger charge is 2.41. The molecule has 0 heterocycles. The number of amides is 1. The maximum atomic E-state index is 13.7. The van der Waals surface area contributed by atoms with Crippen LogP contribution in [-0.2, 0) is 15.6 Å². The Labute approximate surface area is 260 Å². The molecule has 1 amide bonds. The lowest BCUT2D eigenvalue weighted by molar-refractivity contribution is -0.127. The van der Waals surface area contributed by atoms with Crippen molar-refractivity contribution in [2.45, 2.75) is 104 Å². The molecule has 2 rings (SSSR count). The number of carbonyl (C=O) groups is 2. The van der Waals surface area contributed by atoms with Gasteiger partial charge in [-0.05, 0) is 91.9 Å². The summed E-state index contributed by atoms with van der Waals surface area (Å²) in [6, 6.07) is 10.7. The number of hydrogen-bond acceptors (Lipinski definition) is 4. The van der Waals surface area contributed by atoms with Crippen LogP contribution in [0, 0.1) is 19.4 Å². The maximum Gasteiger partial charge on any atom is 0.250 e. The third-order valence-electron chi connectivity index (χ3n) is 9.01. The van der Waals surface area contributed by atoms with Gasteiger partial charge in [-0.1, -0.05) is 65.3 Å². The van der Waals surface area contributed by atoms with E-state index in [4.69, 9.17) is 27.0 Å². The van der Waals surface area contributed by atoms with Crippen LogP contribution in [0.3, 0.4) is 0 Å². The van der Waals surface area contributed by atoms with Crippen molar-refractivity contribution in [2.24, 2.45) is 5.92 Å². The number of carbonyl (C=O) groups excluding carboxylic acids is 2. The van der Waals surface area contributed by atoms with Crippen molar-refractivity contribution in [3.8, 4) is 5.75 Å². The van der Waals surface area contributed by atoms with Gasteiger partial charge in [-0.25, -0.2) is 4.85 Å². The van der Waals surface area contributed by atoms with Gasteiger partial charge in [0.05, 0.1) is 30.2 Å². The van der Waals surface area contributed by atoms with E-state index in [-0.39, 0.29) is 28.3 Å². The van der Waals surface area contributed by atoms with Gasteiger partial charge >= 0.3 is 0 Å². The Hall–Kier alpha value is -2.45. The second kappa shape index (κ2) is 13.5. The van der Waals surface area contributed by atoms with Crippen LogP contribution in [0.5, 0.6) is 5.75 Å². The molecule has 0 spiro atoms. The second-order valence-electron chi connectivity index (χ2n) is 14.2. The Kier molecular flexibility index (Phi) is 11.5. The third-order valence-corrected chi connectivity index (χ3v) is 18.4. The number of nitrogens with one attached hydrogen (secondary N) is 1. The number of halogens is 1. The van der Waals surface area contributed by atoms with E-state index in [1.807, 2.05) is 32.0 Å². The van der Waals surface area contributed by atoms with Gasteiger partial charge in [-0.2, -0.15) is 0 Å². The van der Waals surface area contributed by atoms with Crippen molar-refractivity contribution in [1.29, 1.82) is 0 Å². The fraction of sp³-hybridized carbons (Fsp3) is 0.545. The number of nitrogens with zero attached hydrogens (tertiary/aromatic N) is 1. The molecule has 2 aromatic rings. The van der Waals surface area contributed by atoms with E-state index >= 15 is 0 Å². The number of hydrogen-bond donors (Lipinski definition) is 1. The normalized spacial score (nSPS) is 14.1. The molecule has 0 saturated carbocycles. The summed E-state index contributed by atoms with van der Waals surface area (Å²) >= 11 is 6.46. The van der Waals surface area contributed by atoms with Gasteiger partial charge in [-0.3, -0.25) is 9.59 Å². The van der Waals surface area contributed by atoms with Crippen LogP contribution in [0.4, 0.5) is 5.69 Å². The summed E-state index contributed by atoms with van der Waals surface area (Å²) in [7, 11) is -4.18. The summed E-state index contributed by atoms with van der Waals surface area (Å²) in [6.07, 6.45) is -0.0226. The molecule has 0 saturated heterocycles. The molecule has 0 unspecified atom stereocenters. The molecule has 0 aliphatic rings. The Morgan fingerprint density at radius 2 is 1.50 bits per heavy atom. The molecular weight excluding hydrogens is 580 g/mol. The highest BCUT2D eigenvalue weighted by Crippen LogP contribution is 2.39. The predicted octanol–water partition coefficient (Wildman–Crippen LogP) is 9.15. The predicted molar refractivity (Wildman–Crippen MR) is 179 cm³/mol. The largest absolute Gasteiger partial charge is 0.544 e. The molecule has 0 fully saturated rings. The molecule has 0 radical (unpaired) electrons. The average molecular weight is 629 g/mol. The zero-order valence-corrected chi connectivity index (χ0v) is 30.2.